The molecule has 1 amide bonds. The zero-order chi connectivity index (χ0) is 25.0. The van der Waals surface area contributed by atoms with E-state index in [1.165, 1.54) is 0 Å². The highest BCUT2D eigenvalue weighted by molar-refractivity contribution is 9.10. The van der Waals surface area contributed by atoms with Crippen molar-refractivity contribution in [1.82, 2.24) is 4.90 Å². The Bertz CT molecular complexity index is 1540. The molecular weight excluding hydrogens is 522 g/mol. The molecule has 36 heavy (non-hydrogen) atoms. The van der Waals surface area contributed by atoms with Gasteiger partial charge in [0.25, 0.3) is 0 Å². The molecule has 186 valence electrons. The molecule has 1 saturated carbocycles. The van der Waals surface area contributed by atoms with Crippen LogP contribution in [0.15, 0.2) is 60.8 Å². The summed E-state index contributed by atoms with van der Waals surface area (Å²) >= 11 is 3.47. The Hall–Kier alpha value is -2.90. The molecule has 4 aromatic rings. The number of rotatable bonds is 3. The zero-order valence-electron chi connectivity index (χ0n) is 20.2. The van der Waals surface area contributed by atoms with Crippen molar-refractivity contribution < 1.29 is 18.7 Å². The third-order valence-electron chi connectivity index (χ3n) is 8.24. The van der Waals surface area contributed by atoms with Crippen molar-refractivity contribution >= 4 is 43.8 Å². The number of nitrogens with zero attached hydrogens (tertiary/aromatic N) is 1. The molecule has 2 aliphatic rings. The van der Waals surface area contributed by atoms with Crippen LogP contribution in [-0.4, -0.2) is 34.6 Å². The fraction of sp³-hybridized carbons (Fsp3) is 0.379. The Kier molecular flexibility index (Phi) is 5.80. The maximum absolute atomic E-state index is 13.3. The fourth-order valence-corrected chi connectivity index (χ4v) is 6.29. The maximum Gasteiger partial charge on any atom is 0.340 e. The van der Waals surface area contributed by atoms with Gasteiger partial charge in [0, 0.05) is 45.9 Å². The Labute approximate surface area is 217 Å². The lowest BCUT2D eigenvalue weighted by atomic mass is 9.71. The van der Waals surface area contributed by atoms with E-state index in [1.54, 1.807) is 12.3 Å². The average molecular weight is 550 g/mol. The van der Waals surface area contributed by atoms with Crippen LogP contribution in [0.1, 0.15) is 43.2 Å². The van der Waals surface area contributed by atoms with Gasteiger partial charge in [0.1, 0.15) is 11.2 Å². The van der Waals surface area contributed by atoms with Crippen LogP contribution in [-0.2, 0) is 11.2 Å². The number of furan rings is 1. The highest BCUT2D eigenvalue weighted by Crippen LogP contribution is 2.40. The Balaban J connectivity index is 1.33. The van der Waals surface area contributed by atoms with Gasteiger partial charge in [-0.15, -0.1) is 0 Å². The number of likely N-dealkylation sites (tertiary alicyclic amines) is 1. The van der Waals surface area contributed by atoms with Crippen LogP contribution >= 0.6 is 15.9 Å². The van der Waals surface area contributed by atoms with Crippen molar-refractivity contribution in [2.45, 2.75) is 51.0 Å². The first kappa shape index (κ1) is 23.5. The standard InChI is InChI=1S/C29H28BrNO5/c1-17-21-12-23-24(18-5-7-20(30)8-6-18)16-35-25(23)14-26(21)36-28(33)22(17)13-27(32)31-11-10-29(34)9-3-2-4-19(29)15-31/h5-8,12,14,16,19,34H,2-4,9-11,13,15H2,1H3. The number of hydrogen-bond donors (Lipinski definition) is 1. The van der Waals surface area contributed by atoms with E-state index in [4.69, 9.17) is 8.83 Å². The molecule has 0 spiro atoms. The van der Waals surface area contributed by atoms with E-state index in [9.17, 15) is 14.7 Å². The number of aliphatic hydroxyl groups is 1. The average Bonchev–Trinajstić information content (AvgIpc) is 3.28. The Morgan fingerprint density at radius 3 is 2.75 bits per heavy atom. The first-order valence-corrected chi connectivity index (χ1v) is 13.4. The van der Waals surface area contributed by atoms with Gasteiger partial charge in [-0.05, 0) is 55.5 Å². The summed E-state index contributed by atoms with van der Waals surface area (Å²) in [7, 11) is 0. The van der Waals surface area contributed by atoms with E-state index < -0.39 is 11.2 Å². The Morgan fingerprint density at radius 1 is 1.14 bits per heavy atom. The molecule has 0 bridgehead atoms. The first-order valence-electron chi connectivity index (χ1n) is 12.6. The second kappa shape index (κ2) is 8.89. The zero-order valence-corrected chi connectivity index (χ0v) is 21.8. The van der Waals surface area contributed by atoms with E-state index in [1.807, 2.05) is 42.2 Å². The number of fused-ring (bicyclic) bond motifs is 3. The molecule has 0 radical (unpaired) electrons. The number of halogens is 1. The molecule has 1 N–H and O–H groups in total. The van der Waals surface area contributed by atoms with Crippen LogP contribution < -0.4 is 5.63 Å². The number of aryl methyl sites for hydroxylation is 1. The topological polar surface area (TPSA) is 83.9 Å². The lowest BCUT2D eigenvalue weighted by Crippen LogP contribution is -2.55. The summed E-state index contributed by atoms with van der Waals surface area (Å²) < 4.78 is 12.5. The van der Waals surface area contributed by atoms with E-state index in [-0.39, 0.29) is 18.2 Å². The van der Waals surface area contributed by atoms with Crippen molar-refractivity contribution in [1.29, 1.82) is 0 Å². The van der Waals surface area contributed by atoms with Gasteiger partial charge in [-0.25, -0.2) is 4.79 Å². The minimum absolute atomic E-state index is 0.00174. The molecule has 2 atom stereocenters. The number of amides is 1. The van der Waals surface area contributed by atoms with Crippen LogP contribution in [0.4, 0.5) is 0 Å². The molecule has 2 fully saturated rings. The summed E-state index contributed by atoms with van der Waals surface area (Å²) in [5.74, 6) is 0.0294. The predicted octanol–water partition coefficient (Wildman–Crippen LogP) is 5.97. The fourth-order valence-electron chi connectivity index (χ4n) is 6.03. The first-order chi connectivity index (χ1) is 17.3. The summed E-state index contributed by atoms with van der Waals surface area (Å²) in [6.07, 6.45) is 6.22. The number of benzene rings is 2. The molecule has 1 saturated heterocycles. The lowest BCUT2D eigenvalue weighted by molar-refractivity contribution is -0.142. The SMILES string of the molecule is Cc1c(CC(=O)N2CCC3(O)CCCCC3C2)c(=O)oc2cc3occ(-c4ccc(Br)cc4)c3cc12. The molecule has 2 aromatic carbocycles. The summed E-state index contributed by atoms with van der Waals surface area (Å²) in [5, 5.41) is 12.7. The summed E-state index contributed by atoms with van der Waals surface area (Å²) in [6.45, 7) is 2.96. The van der Waals surface area contributed by atoms with Gasteiger partial charge in [0.15, 0.2) is 0 Å². The van der Waals surface area contributed by atoms with Crippen LogP contribution in [0.3, 0.4) is 0 Å². The highest BCUT2D eigenvalue weighted by Gasteiger charge is 2.43. The number of carbonyl (C=O) groups excluding carboxylic acids is 1. The van der Waals surface area contributed by atoms with E-state index >= 15 is 0 Å². The molecular formula is C29H28BrNO5. The largest absolute Gasteiger partial charge is 0.464 e. The molecule has 2 unspecified atom stereocenters. The second-order valence-corrected chi connectivity index (χ2v) is 11.2. The predicted molar refractivity (Wildman–Crippen MR) is 142 cm³/mol. The van der Waals surface area contributed by atoms with Gasteiger partial charge in [0.2, 0.25) is 5.91 Å². The van der Waals surface area contributed by atoms with Crippen molar-refractivity contribution in [2.24, 2.45) is 5.92 Å². The third-order valence-corrected chi connectivity index (χ3v) is 8.77. The minimum Gasteiger partial charge on any atom is -0.464 e. The van der Waals surface area contributed by atoms with Crippen molar-refractivity contribution in [3.63, 3.8) is 0 Å². The van der Waals surface area contributed by atoms with Crippen molar-refractivity contribution in [3.05, 3.63) is 68.7 Å². The minimum atomic E-state index is -0.643. The molecule has 6 rings (SSSR count). The smallest absolute Gasteiger partial charge is 0.340 e. The molecule has 7 heteroatoms. The van der Waals surface area contributed by atoms with Crippen molar-refractivity contribution in [3.8, 4) is 11.1 Å². The van der Waals surface area contributed by atoms with Gasteiger partial charge >= 0.3 is 5.63 Å². The van der Waals surface area contributed by atoms with Crippen LogP contribution in [0, 0.1) is 12.8 Å². The normalized spacial score (nSPS) is 22.2. The van der Waals surface area contributed by atoms with Gasteiger partial charge in [-0.3, -0.25) is 4.79 Å². The summed E-state index contributed by atoms with van der Waals surface area (Å²) in [4.78, 5) is 28.0. The van der Waals surface area contributed by atoms with Crippen LogP contribution in [0.25, 0.3) is 33.1 Å². The quantitative estimate of drug-likeness (QED) is 0.318. The summed E-state index contributed by atoms with van der Waals surface area (Å²) in [6, 6.07) is 11.7. The van der Waals surface area contributed by atoms with Gasteiger partial charge in [0.05, 0.1) is 23.8 Å². The molecule has 1 aliphatic carbocycles. The lowest BCUT2D eigenvalue weighted by Gasteiger charge is -2.47. The molecule has 1 aliphatic heterocycles. The van der Waals surface area contributed by atoms with Gasteiger partial charge in [-0.2, -0.15) is 0 Å². The van der Waals surface area contributed by atoms with Crippen LogP contribution in [0.2, 0.25) is 0 Å². The van der Waals surface area contributed by atoms with E-state index in [0.717, 1.165) is 57.6 Å². The second-order valence-electron chi connectivity index (χ2n) is 10.3. The number of hydrogen-bond acceptors (Lipinski definition) is 5. The van der Waals surface area contributed by atoms with Gasteiger partial charge < -0.3 is 18.8 Å². The highest BCUT2D eigenvalue weighted by atomic mass is 79.9. The molecule has 2 aromatic heterocycles. The van der Waals surface area contributed by atoms with Crippen molar-refractivity contribution in [2.75, 3.05) is 13.1 Å². The number of piperidine rings is 1. The molecule has 3 heterocycles. The van der Waals surface area contributed by atoms with Gasteiger partial charge in [-0.1, -0.05) is 40.9 Å². The number of carbonyl (C=O) groups is 1. The summed E-state index contributed by atoms with van der Waals surface area (Å²) in [5.41, 5.74) is 3.08. The monoisotopic (exact) mass is 549 g/mol. The van der Waals surface area contributed by atoms with E-state index in [0.29, 0.717) is 36.2 Å². The van der Waals surface area contributed by atoms with Crippen LogP contribution in [0.5, 0.6) is 0 Å². The Morgan fingerprint density at radius 2 is 1.94 bits per heavy atom. The maximum atomic E-state index is 13.3. The third kappa shape index (κ3) is 3.98. The molecule has 6 nitrogen and oxygen atoms in total. The van der Waals surface area contributed by atoms with E-state index in [2.05, 4.69) is 15.9 Å².